The van der Waals surface area contributed by atoms with E-state index in [0.717, 1.165) is 19.0 Å². The van der Waals surface area contributed by atoms with Gasteiger partial charge in [-0.2, -0.15) is 0 Å². The Morgan fingerprint density at radius 1 is 1.35 bits per heavy atom. The van der Waals surface area contributed by atoms with E-state index in [1.165, 1.54) is 12.8 Å². The minimum Gasteiger partial charge on any atom is -0.378 e. The molecule has 5 nitrogen and oxygen atoms in total. The summed E-state index contributed by atoms with van der Waals surface area (Å²) in [5.41, 5.74) is 0.645. The van der Waals surface area contributed by atoms with Crippen molar-refractivity contribution in [2.75, 3.05) is 39.8 Å². The Kier molecular flexibility index (Phi) is 5.30. The van der Waals surface area contributed by atoms with Crippen LogP contribution >= 0.6 is 0 Å². The average molecular weight is 318 g/mol. The van der Waals surface area contributed by atoms with Crippen LogP contribution in [0.2, 0.25) is 0 Å². The van der Waals surface area contributed by atoms with Gasteiger partial charge in [0.15, 0.2) is 6.10 Å². The standard InChI is InChI=1S/C18H26N2O3/c1-19(11-14-7-8-14)12-16-13-20(9-10-23-16)18(22)17(21)15-5-3-2-4-6-15/h2-6,14,16-17,21H,7-13H2,1H3/t16?,17-/m1/s1. The molecule has 1 unspecified atom stereocenters. The van der Waals surface area contributed by atoms with Gasteiger partial charge < -0.3 is 19.6 Å². The molecule has 0 radical (unpaired) electrons. The number of morpholine rings is 1. The first-order valence-electron chi connectivity index (χ1n) is 8.45. The van der Waals surface area contributed by atoms with E-state index in [4.69, 9.17) is 4.74 Å². The molecule has 2 atom stereocenters. The number of nitrogens with zero attached hydrogens (tertiary/aromatic N) is 2. The Morgan fingerprint density at radius 2 is 2.09 bits per heavy atom. The van der Waals surface area contributed by atoms with Gasteiger partial charge in [0, 0.05) is 26.2 Å². The smallest absolute Gasteiger partial charge is 0.256 e. The van der Waals surface area contributed by atoms with Gasteiger partial charge in [0.2, 0.25) is 0 Å². The second-order valence-electron chi connectivity index (χ2n) is 6.75. The van der Waals surface area contributed by atoms with E-state index in [-0.39, 0.29) is 12.0 Å². The predicted molar refractivity (Wildman–Crippen MR) is 87.9 cm³/mol. The second-order valence-corrected chi connectivity index (χ2v) is 6.75. The maximum Gasteiger partial charge on any atom is 0.256 e. The van der Waals surface area contributed by atoms with E-state index < -0.39 is 6.10 Å². The van der Waals surface area contributed by atoms with Crippen LogP contribution in [0, 0.1) is 5.92 Å². The van der Waals surface area contributed by atoms with E-state index in [9.17, 15) is 9.90 Å². The first-order valence-corrected chi connectivity index (χ1v) is 8.45. The molecule has 1 heterocycles. The number of amides is 1. The first-order chi connectivity index (χ1) is 11.1. The van der Waals surface area contributed by atoms with Gasteiger partial charge in [0.1, 0.15) is 0 Å². The highest BCUT2D eigenvalue weighted by Crippen LogP contribution is 2.29. The molecule has 1 saturated heterocycles. The highest BCUT2D eigenvalue weighted by Gasteiger charge is 2.30. The summed E-state index contributed by atoms with van der Waals surface area (Å²) in [6.07, 6.45) is 1.62. The number of benzene rings is 1. The van der Waals surface area contributed by atoms with Crippen molar-refractivity contribution in [2.45, 2.75) is 25.0 Å². The first kappa shape index (κ1) is 16.4. The molecular formula is C18H26N2O3. The number of rotatable bonds is 6. The number of ether oxygens (including phenoxy) is 1. The molecule has 1 N–H and O–H groups in total. The minimum atomic E-state index is -1.08. The van der Waals surface area contributed by atoms with Crippen molar-refractivity contribution in [3.05, 3.63) is 35.9 Å². The quantitative estimate of drug-likeness (QED) is 0.859. The predicted octanol–water partition coefficient (Wildman–Crippen LogP) is 1.29. The molecule has 126 valence electrons. The number of likely N-dealkylation sites (N-methyl/N-ethyl adjacent to an activating group) is 1. The van der Waals surface area contributed by atoms with Crippen LogP contribution in [-0.2, 0) is 9.53 Å². The van der Waals surface area contributed by atoms with Gasteiger partial charge in [-0.25, -0.2) is 0 Å². The van der Waals surface area contributed by atoms with E-state index in [0.29, 0.717) is 25.3 Å². The summed E-state index contributed by atoms with van der Waals surface area (Å²) < 4.78 is 5.80. The molecule has 1 aromatic carbocycles. The molecule has 0 spiro atoms. The summed E-state index contributed by atoms with van der Waals surface area (Å²) in [5, 5.41) is 10.3. The van der Waals surface area contributed by atoms with Crippen LogP contribution in [0.3, 0.4) is 0 Å². The molecule has 5 heteroatoms. The summed E-state index contributed by atoms with van der Waals surface area (Å²) >= 11 is 0. The van der Waals surface area contributed by atoms with E-state index >= 15 is 0 Å². The minimum absolute atomic E-state index is 0.0272. The molecule has 0 aromatic heterocycles. The Hall–Kier alpha value is -1.43. The maximum absolute atomic E-state index is 12.5. The lowest BCUT2D eigenvalue weighted by Crippen LogP contribution is -2.50. The Labute approximate surface area is 137 Å². The molecule has 2 aliphatic rings. The summed E-state index contributed by atoms with van der Waals surface area (Å²) in [5.74, 6) is 0.621. The van der Waals surface area contributed by atoms with Crippen molar-refractivity contribution in [1.82, 2.24) is 9.80 Å². The fourth-order valence-corrected chi connectivity index (χ4v) is 3.14. The topological polar surface area (TPSA) is 53.0 Å². The van der Waals surface area contributed by atoms with Crippen LogP contribution < -0.4 is 0 Å². The molecule has 3 rings (SSSR count). The molecule has 1 saturated carbocycles. The van der Waals surface area contributed by atoms with Crippen LogP contribution in [0.5, 0.6) is 0 Å². The van der Waals surface area contributed by atoms with Gasteiger partial charge in [-0.15, -0.1) is 0 Å². The third-order valence-electron chi connectivity index (χ3n) is 4.58. The molecule has 1 amide bonds. The van der Waals surface area contributed by atoms with Gasteiger partial charge in [-0.05, 0) is 31.4 Å². The Balaban J connectivity index is 1.53. The summed E-state index contributed by atoms with van der Waals surface area (Å²) in [6.45, 7) is 3.58. The van der Waals surface area contributed by atoms with Gasteiger partial charge in [0.05, 0.1) is 12.7 Å². The van der Waals surface area contributed by atoms with Crippen LogP contribution in [0.15, 0.2) is 30.3 Å². The summed E-state index contributed by atoms with van der Waals surface area (Å²) in [7, 11) is 2.11. The third-order valence-corrected chi connectivity index (χ3v) is 4.58. The van der Waals surface area contributed by atoms with Crippen molar-refractivity contribution >= 4 is 5.91 Å². The normalized spacial score (nSPS) is 23.1. The summed E-state index contributed by atoms with van der Waals surface area (Å²) in [4.78, 5) is 16.6. The van der Waals surface area contributed by atoms with E-state index in [2.05, 4.69) is 11.9 Å². The van der Waals surface area contributed by atoms with Gasteiger partial charge in [-0.3, -0.25) is 4.79 Å². The number of aliphatic hydroxyl groups excluding tert-OH is 1. The van der Waals surface area contributed by atoms with Crippen LogP contribution in [0.1, 0.15) is 24.5 Å². The number of hydrogen-bond acceptors (Lipinski definition) is 4. The summed E-state index contributed by atoms with van der Waals surface area (Å²) in [6, 6.07) is 9.11. The largest absolute Gasteiger partial charge is 0.378 e. The number of aliphatic hydroxyl groups is 1. The fraction of sp³-hybridized carbons (Fsp3) is 0.611. The zero-order chi connectivity index (χ0) is 16.2. The molecule has 1 aromatic rings. The molecule has 23 heavy (non-hydrogen) atoms. The van der Waals surface area contributed by atoms with Crippen LogP contribution in [-0.4, -0.2) is 66.8 Å². The molecule has 0 bridgehead atoms. The van der Waals surface area contributed by atoms with Crippen molar-refractivity contribution in [1.29, 1.82) is 0 Å². The third kappa shape index (κ3) is 4.53. The molecule has 1 aliphatic carbocycles. The molecular weight excluding hydrogens is 292 g/mol. The number of hydrogen-bond donors (Lipinski definition) is 1. The van der Waals surface area contributed by atoms with Crippen LogP contribution in [0.4, 0.5) is 0 Å². The number of carbonyl (C=O) groups excluding carboxylic acids is 1. The van der Waals surface area contributed by atoms with Crippen molar-refractivity contribution in [3.8, 4) is 0 Å². The number of carbonyl (C=O) groups is 1. The van der Waals surface area contributed by atoms with Gasteiger partial charge in [0.25, 0.3) is 5.91 Å². The molecule has 1 aliphatic heterocycles. The monoisotopic (exact) mass is 318 g/mol. The molecule has 2 fully saturated rings. The Morgan fingerprint density at radius 3 is 2.78 bits per heavy atom. The zero-order valence-electron chi connectivity index (χ0n) is 13.7. The highest BCUT2D eigenvalue weighted by molar-refractivity contribution is 5.82. The lowest BCUT2D eigenvalue weighted by molar-refractivity contribution is -0.148. The highest BCUT2D eigenvalue weighted by atomic mass is 16.5. The lowest BCUT2D eigenvalue weighted by atomic mass is 10.1. The fourth-order valence-electron chi connectivity index (χ4n) is 3.14. The van der Waals surface area contributed by atoms with Gasteiger partial charge in [-0.1, -0.05) is 30.3 Å². The zero-order valence-corrected chi connectivity index (χ0v) is 13.7. The van der Waals surface area contributed by atoms with Gasteiger partial charge >= 0.3 is 0 Å². The van der Waals surface area contributed by atoms with Crippen molar-refractivity contribution < 1.29 is 14.6 Å². The van der Waals surface area contributed by atoms with E-state index in [1.54, 1.807) is 17.0 Å². The Bertz CT molecular complexity index is 518. The van der Waals surface area contributed by atoms with E-state index in [1.807, 2.05) is 18.2 Å². The van der Waals surface area contributed by atoms with Crippen molar-refractivity contribution in [3.63, 3.8) is 0 Å². The maximum atomic E-state index is 12.5. The second kappa shape index (κ2) is 7.43. The van der Waals surface area contributed by atoms with Crippen LogP contribution in [0.25, 0.3) is 0 Å². The SMILES string of the molecule is CN(CC1CC1)CC1CN(C(=O)[C@H](O)c2ccccc2)CCO1. The van der Waals surface area contributed by atoms with Crippen molar-refractivity contribution in [2.24, 2.45) is 5.92 Å². The lowest BCUT2D eigenvalue weighted by Gasteiger charge is -2.35. The average Bonchev–Trinajstić information content (AvgIpc) is 3.38.